The molecule has 0 aliphatic heterocycles. The van der Waals surface area contributed by atoms with Crippen molar-refractivity contribution < 1.29 is 4.79 Å². The van der Waals surface area contributed by atoms with Gasteiger partial charge in [0.25, 0.3) is 0 Å². The molecule has 1 aromatic carbocycles. The number of hydrogen-bond acceptors (Lipinski definition) is 2. The molecule has 0 saturated heterocycles. The van der Waals surface area contributed by atoms with Crippen LogP contribution in [-0.2, 0) is 17.9 Å². The molecule has 3 nitrogen and oxygen atoms in total. The topological polar surface area (TPSA) is 46.3 Å². The molecule has 21 heavy (non-hydrogen) atoms. The summed E-state index contributed by atoms with van der Waals surface area (Å²) < 4.78 is 0. The van der Waals surface area contributed by atoms with Crippen molar-refractivity contribution in [3.05, 3.63) is 35.4 Å². The Hall–Kier alpha value is -1.35. The van der Waals surface area contributed by atoms with Gasteiger partial charge in [-0.05, 0) is 48.1 Å². The van der Waals surface area contributed by atoms with Gasteiger partial charge in [-0.3, -0.25) is 4.79 Å². The lowest BCUT2D eigenvalue weighted by molar-refractivity contribution is -0.131. The Kier molecular flexibility index (Phi) is 4.29. The zero-order chi connectivity index (χ0) is 14.8. The molecule has 1 aromatic rings. The fourth-order valence-electron chi connectivity index (χ4n) is 4.26. The predicted molar refractivity (Wildman–Crippen MR) is 84.4 cm³/mol. The lowest BCUT2D eigenvalue weighted by atomic mass is 9.86. The molecule has 3 atom stereocenters. The van der Waals surface area contributed by atoms with Gasteiger partial charge >= 0.3 is 0 Å². The van der Waals surface area contributed by atoms with Gasteiger partial charge in [0.05, 0.1) is 0 Å². The Labute approximate surface area is 127 Å². The van der Waals surface area contributed by atoms with Crippen molar-refractivity contribution >= 4 is 5.91 Å². The van der Waals surface area contributed by atoms with E-state index in [-0.39, 0.29) is 0 Å². The van der Waals surface area contributed by atoms with Gasteiger partial charge in [-0.25, -0.2) is 0 Å². The third-order valence-corrected chi connectivity index (χ3v) is 5.49. The summed E-state index contributed by atoms with van der Waals surface area (Å²) in [5, 5.41) is 0. The Bertz CT molecular complexity index is 514. The maximum atomic E-state index is 12.5. The Balaban J connectivity index is 1.57. The van der Waals surface area contributed by atoms with Crippen LogP contribution in [-0.4, -0.2) is 17.9 Å². The van der Waals surface area contributed by atoms with Crippen LogP contribution in [0.2, 0.25) is 0 Å². The van der Waals surface area contributed by atoms with Gasteiger partial charge in [0, 0.05) is 26.6 Å². The van der Waals surface area contributed by atoms with Gasteiger partial charge in [-0.1, -0.05) is 30.7 Å². The lowest BCUT2D eigenvalue weighted by Crippen LogP contribution is -2.29. The van der Waals surface area contributed by atoms with Crippen LogP contribution in [0.4, 0.5) is 0 Å². The summed E-state index contributed by atoms with van der Waals surface area (Å²) in [7, 11) is 1.92. The summed E-state index contributed by atoms with van der Waals surface area (Å²) in [4.78, 5) is 14.3. The van der Waals surface area contributed by atoms with E-state index < -0.39 is 0 Å². The molecule has 0 aromatic heterocycles. The van der Waals surface area contributed by atoms with Crippen LogP contribution < -0.4 is 5.73 Å². The first-order valence-electron chi connectivity index (χ1n) is 8.18. The first-order chi connectivity index (χ1) is 10.2. The average molecular weight is 286 g/mol. The fraction of sp³-hybridized carbons (Fsp3) is 0.611. The minimum atomic E-state index is 0.291. The summed E-state index contributed by atoms with van der Waals surface area (Å²) in [6.07, 6.45) is 6.14. The number of nitrogens with two attached hydrogens (primary N) is 1. The van der Waals surface area contributed by atoms with Gasteiger partial charge in [-0.2, -0.15) is 0 Å². The highest BCUT2D eigenvalue weighted by Gasteiger charge is 2.40. The molecule has 2 fully saturated rings. The molecule has 3 heteroatoms. The maximum Gasteiger partial charge on any atom is 0.222 e. The van der Waals surface area contributed by atoms with Crippen molar-refractivity contribution in [1.29, 1.82) is 0 Å². The highest BCUT2D eigenvalue weighted by Crippen LogP contribution is 2.49. The van der Waals surface area contributed by atoms with Gasteiger partial charge in [-0.15, -0.1) is 0 Å². The first-order valence-corrected chi connectivity index (χ1v) is 8.18. The van der Waals surface area contributed by atoms with Gasteiger partial charge in [0.2, 0.25) is 5.91 Å². The van der Waals surface area contributed by atoms with Crippen molar-refractivity contribution in [2.24, 2.45) is 23.5 Å². The number of amides is 1. The molecule has 2 aliphatic carbocycles. The molecule has 0 radical (unpaired) electrons. The minimum absolute atomic E-state index is 0.291. The quantitative estimate of drug-likeness (QED) is 0.904. The van der Waals surface area contributed by atoms with E-state index in [0.29, 0.717) is 24.9 Å². The van der Waals surface area contributed by atoms with Crippen molar-refractivity contribution in [2.75, 3.05) is 7.05 Å². The Morgan fingerprint density at radius 3 is 2.62 bits per heavy atom. The largest absolute Gasteiger partial charge is 0.341 e. The zero-order valence-electron chi connectivity index (χ0n) is 12.9. The summed E-state index contributed by atoms with van der Waals surface area (Å²) in [5.74, 6) is 2.67. The Morgan fingerprint density at radius 1 is 1.24 bits per heavy atom. The SMILES string of the molecule is CN(Cc1ccccc1CN)C(=O)CC1CC2CCC1C2. The van der Waals surface area contributed by atoms with E-state index in [9.17, 15) is 4.79 Å². The highest BCUT2D eigenvalue weighted by molar-refractivity contribution is 5.76. The van der Waals surface area contributed by atoms with E-state index in [1.807, 2.05) is 30.1 Å². The monoisotopic (exact) mass is 286 g/mol. The number of hydrogen-bond donors (Lipinski definition) is 1. The van der Waals surface area contributed by atoms with Crippen LogP contribution in [0.3, 0.4) is 0 Å². The molecule has 2 aliphatic rings. The van der Waals surface area contributed by atoms with Crippen molar-refractivity contribution in [3.8, 4) is 0 Å². The second-order valence-electron chi connectivity index (χ2n) is 6.86. The van der Waals surface area contributed by atoms with E-state index in [0.717, 1.165) is 23.8 Å². The van der Waals surface area contributed by atoms with E-state index in [1.165, 1.54) is 31.2 Å². The molecule has 0 heterocycles. The fourth-order valence-corrected chi connectivity index (χ4v) is 4.26. The lowest BCUT2D eigenvalue weighted by Gasteiger charge is -2.25. The van der Waals surface area contributed by atoms with Crippen LogP contribution >= 0.6 is 0 Å². The zero-order valence-corrected chi connectivity index (χ0v) is 12.9. The second kappa shape index (κ2) is 6.18. The summed E-state index contributed by atoms with van der Waals surface area (Å²) in [6, 6.07) is 8.14. The Morgan fingerprint density at radius 2 is 2.00 bits per heavy atom. The summed E-state index contributed by atoms with van der Waals surface area (Å²) >= 11 is 0. The summed E-state index contributed by atoms with van der Waals surface area (Å²) in [6.45, 7) is 1.21. The standard InChI is InChI=1S/C18H26N2O/c1-20(12-16-5-3-2-4-15(16)11-19)18(21)10-17-9-13-6-7-14(17)8-13/h2-5,13-14,17H,6-12,19H2,1H3. The second-order valence-corrected chi connectivity index (χ2v) is 6.86. The molecule has 3 unspecified atom stereocenters. The van der Waals surface area contributed by atoms with Crippen LogP contribution in [0.5, 0.6) is 0 Å². The van der Waals surface area contributed by atoms with Crippen LogP contribution in [0.25, 0.3) is 0 Å². The third kappa shape index (κ3) is 3.13. The van der Waals surface area contributed by atoms with Gasteiger partial charge in [0.15, 0.2) is 0 Å². The molecule has 2 bridgehead atoms. The van der Waals surface area contributed by atoms with Crippen molar-refractivity contribution in [2.45, 2.75) is 45.2 Å². The first kappa shape index (κ1) is 14.6. The number of nitrogens with zero attached hydrogens (tertiary/aromatic N) is 1. The summed E-state index contributed by atoms with van der Waals surface area (Å²) in [5.41, 5.74) is 8.08. The number of carbonyl (C=O) groups is 1. The van der Waals surface area contributed by atoms with Crippen LogP contribution in [0, 0.1) is 17.8 Å². The van der Waals surface area contributed by atoms with Gasteiger partial charge in [0.1, 0.15) is 0 Å². The number of benzene rings is 1. The normalized spacial score (nSPS) is 27.0. The van der Waals surface area contributed by atoms with E-state index >= 15 is 0 Å². The highest BCUT2D eigenvalue weighted by atomic mass is 16.2. The minimum Gasteiger partial charge on any atom is -0.341 e. The molecule has 2 saturated carbocycles. The van der Waals surface area contributed by atoms with Crippen LogP contribution in [0.15, 0.2) is 24.3 Å². The van der Waals surface area contributed by atoms with Crippen LogP contribution in [0.1, 0.15) is 43.2 Å². The average Bonchev–Trinajstić information content (AvgIpc) is 3.10. The molecule has 2 N–H and O–H groups in total. The predicted octanol–water partition coefficient (Wildman–Crippen LogP) is 2.93. The molecular weight excluding hydrogens is 260 g/mol. The third-order valence-electron chi connectivity index (χ3n) is 5.49. The van der Waals surface area contributed by atoms with E-state index in [1.54, 1.807) is 0 Å². The van der Waals surface area contributed by atoms with Crippen molar-refractivity contribution in [1.82, 2.24) is 4.90 Å². The van der Waals surface area contributed by atoms with E-state index in [2.05, 4.69) is 6.07 Å². The smallest absolute Gasteiger partial charge is 0.222 e. The number of rotatable bonds is 5. The number of fused-ring (bicyclic) bond motifs is 2. The maximum absolute atomic E-state index is 12.5. The molecule has 3 rings (SSSR count). The molecule has 1 amide bonds. The number of carbonyl (C=O) groups excluding carboxylic acids is 1. The molecule has 0 spiro atoms. The molecule has 114 valence electrons. The molecular formula is C18H26N2O. The van der Waals surface area contributed by atoms with Gasteiger partial charge < -0.3 is 10.6 Å². The van der Waals surface area contributed by atoms with E-state index in [4.69, 9.17) is 5.73 Å². The van der Waals surface area contributed by atoms with Crippen molar-refractivity contribution in [3.63, 3.8) is 0 Å².